The SMILES string of the molecule is CCOCCCCNC(=NC)NCc1ccccc1OC1CCC1. The third-order valence-electron chi connectivity index (χ3n) is 4.20. The van der Waals surface area contributed by atoms with Crippen LogP contribution in [0.4, 0.5) is 0 Å². The number of unbranched alkanes of at least 4 members (excludes halogenated alkanes) is 1. The van der Waals surface area contributed by atoms with E-state index in [0.29, 0.717) is 12.6 Å². The van der Waals surface area contributed by atoms with Gasteiger partial charge in [0.2, 0.25) is 0 Å². The van der Waals surface area contributed by atoms with E-state index in [0.717, 1.165) is 44.3 Å². The highest BCUT2D eigenvalue weighted by Gasteiger charge is 2.20. The van der Waals surface area contributed by atoms with Crippen molar-refractivity contribution in [2.45, 2.75) is 51.7 Å². The van der Waals surface area contributed by atoms with Crippen molar-refractivity contribution in [1.82, 2.24) is 10.6 Å². The molecule has 0 radical (unpaired) electrons. The smallest absolute Gasteiger partial charge is 0.191 e. The van der Waals surface area contributed by atoms with Crippen LogP contribution in [0.1, 0.15) is 44.6 Å². The van der Waals surface area contributed by atoms with Gasteiger partial charge < -0.3 is 20.1 Å². The number of rotatable bonds is 10. The fourth-order valence-electron chi connectivity index (χ4n) is 2.51. The lowest BCUT2D eigenvalue weighted by Gasteiger charge is -2.27. The Morgan fingerprint density at radius 3 is 2.75 bits per heavy atom. The van der Waals surface area contributed by atoms with E-state index < -0.39 is 0 Å². The zero-order valence-corrected chi connectivity index (χ0v) is 15.0. The van der Waals surface area contributed by atoms with Crippen LogP contribution in [-0.2, 0) is 11.3 Å². The van der Waals surface area contributed by atoms with Crippen LogP contribution in [0.3, 0.4) is 0 Å². The predicted molar refractivity (Wildman–Crippen MR) is 98.6 cm³/mol. The summed E-state index contributed by atoms with van der Waals surface area (Å²) in [5.74, 6) is 1.81. The molecule has 0 heterocycles. The fourth-order valence-corrected chi connectivity index (χ4v) is 2.51. The molecule has 5 heteroatoms. The van der Waals surface area contributed by atoms with E-state index >= 15 is 0 Å². The zero-order valence-electron chi connectivity index (χ0n) is 15.0. The molecular weight excluding hydrogens is 302 g/mol. The van der Waals surface area contributed by atoms with Gasteiger partial charge in [-0.3, -0.25) is 4.99 Å². The van der Waals surface area contributed by atoms with Gasteiger partial charge >= 0.3 is 0 Å². The van der Waals surface area contributed by atoms with Crippen LogP contribution in [0.5, 0.6) is 5.75 Å². The maximum Gasteiger partial charge on any atom is 0.191 e. The fraction of sp³-hybridized carbons (Fsp3) is 0.632. The van der Waals surface area contributed by atoms with Crippen LogP contribution < -0.4 is 15.4 Å². The summed E-state index contributed by atoms with van der Waals surface area (Å²) < 4.78 is 11.4. The lowest BCUT2D eigenvalue weighted by Crippen LogP contribution is -2.37. The number of ether oxygens (including phenoxy) is 2. The molecule has 24 heavy (non-hydrogen) atoms. The van der Waals surface area contributed by atoms with Crippen LogP contribution in [0.2, 0.25) is 0 Å². The summed E-state index contributed by atoms with van der Waals surface area (Å²) in [6.07, 6.45) is 6.16. The Labute approximate surface area is 145 Å². The molecule has 5 nitrogen and oxygen atoms in total. The summed E-state index contributed by atoms with van der Waals surface area (Å²) in [5.41, 5.74) is 1.17. The topological polar surface area (TPSA) is 54.9 Å². The average Bonchev–Trinajstić information content (AvgIpc) is 2.57. The molecule has 1 aromatic carbocycles. The van der Waals surface area contributed by atoms with Gasteiger partial charge in [0.1, 0.15) is 5.75 Å². The van der Waals surface area contributed by atoms with E-state index in [-0.39, 0.29) is 0 Å². The standard InChI is InChI=1S/C19H31N3O2/c1-3-23-14-7-6-13-21-19(20-2)22-15-16-9-4-5-12-18(16)24-17-10-8-11-17/h4-5,9,12,17H,3,6-8,10-11,13-15H2,1-2H3,(H2,20,21,22). The molecule has 0 spiro atoms. The van der Waals surface area contributed by atoms with E-state index in [2.05, 4.69) is 33.8 Å². The first-order chi connectivity index (χ1) is 11.8. The van der Waals surface area contributed by atoms with Gasteiger partial charge in [0.25, 0.3) is 0 Å². The van der Waals surface area contributed by atoms with Gasteiger partial charge in [-0.1, -0.05) is 18.2 Å². The largest absolute Gasteiger partial charge is 0.490 e. The zero-order chi connectivity index (χ0) is 17.0. The van der Waals surface area contributed by atoms with Crippen molar-refractivity contribution in [2.24, 2.45) is 4.99 Å². The molecular formula is C19H31N3O2. The third kappa shape index (κ3) is 6.40. The first kappa shape index (κ1) is 18.6. The van der Waals surface area contributed by atoms with E-state index in [1.165, 1.54) is 24.8 Å². The normalized spacial score (nSPS) is 15.0. The number of nitrogens with zero attached hydrogens (tertiary/aromatic N) is 1. The van der Waals surface area contributed by atoms with E-state index in [4.69, 9.17) is 9.47 Å². The summed E-state index contributed by atoms with van der Waals surface area (Å²) in [5, 5.41) is 6.71. The minimum Gasteiger partial charge on any atom is -0.490 e. The van der Waals surface area contributed by atoms with Gasteiger partial charge in [-0.15, -0.1) is 0 Å². The van der Waals surface area contributed by atoms with Crippen LogP contribution in [-0.4, -0.2) is 38.9 Å². The molecule has 0 unspecified atom stereocenters. The minimum atomic E-state index is 0.397. The Morgan fingerprint density at radius 2 is 2.04 bits per heavy atom. The predicted octanol–water partition coefficient (Wildman–Crippen LogP) is 3.10. The summed E-state index contributed by atoms with van der Waals surface area (Å²) >= 11 is 0. The average molecular weight is 333 g/mol. The van der Waals surface area contributed by atoms with Gasteiger partial charge in [-0.2, -0.15) is 0 Å². The highest BCUT2D eigenvalue weighted by molar-refractivity contribution is 5.79. The van der Waals surface area contributed by atoms with Gasteiger partial charge in [0, 0.05) is 38.9 Å². The number of para-hydroxylation sites is 1. The lowest BCUT2D eigenvalue weighted by atomic mass is 9.96. The van der Waals surface area contributed by atoms with E-state index in [1.807, 2.05) is 13.0 Å². The maximum absolute atomic E-state index is 6.07. The molecule has 1 aliphatic rings. The first-order valence-corrected chi connectivity index (χ1v) is 9.10. The highest BCUT2D eigenvalue weighted by atomic mass is 16.5. The second kappa shape index (κ2) is 10.9. The second-order valence-electron chi connectivity index (χ2n) is 6.04. The number of nitrogens with one attached hydrogen (secondary N) is 2. The van der Waals surface area contributed by atoms with Gasteiger partial charge in [-0.05, 0) is 45.1 Å². The van der Waals surface area contributed by atoms with Crippen LogP contribution in [0, 0.1) is 0 Å². The number of guanidine groups is 1. The van der Waals surface area contributed by atoms with Gasteiger partial charge in [0.15, 0.2) is 5.96 Å². The maximum atomic E-state index is 6.07. The van der Waals surface area contributed by atoms with E-state index in [1.54, 1.807) is 7.05 Å². The Kier molecular flexibility index (Phi) is 8.46. The number of benzene rings is 1. The molecule has 0 amide bonds. The molecule has 1 fully saturated rings. The highest BCUT2D eigenvalue weighted by Crippen LogP contribution is 2.27. The number of aliphatic imine (C=N–C) groups is 1. The summed E-state index contributed by atoms with van der Waals surface area (Å²) in [6.45, 7) is 5.25. The first-order valence-electron chi connectivity index (χ1n) is 9.10. The summed E-state index contributed by atoms with van der Waals surface area (Å²) in [6, 6.07) is 8.24. The molecule has 1 saturated carbocycles. The third-order valence-corrected chi connectivity index (χ3v) is 4.20. The Balaban J connectivity index is 1.72. The minimum absolute atomic E-state index is 0.397. The van der Waals surface area contributed by atoms with Crippen molar-refractivity contribution in [2.75, 3.05) is 26.8 Å². The summed E-state index contributed by atoms with van der Waals surface area (Å²) in [4.78, 5) is 4.28. The van der Waals surface area contributed by atoms with Crippen molar-refractivity contribution in [3.8, 4) is 5.75 Å². The van der Waals surface area contributed by atoms with Crippen molar-refractivity contribution in [3.63, 3.8) is 0 Å². The van der Waals surface area contributed by atoms with E-state index in [9.17, 15) is 0 Å². The number of hydrogen-bond acceptors (Lipinski definition) is 3. The molecule has 0 bridgehead atoms. The second-order valence-corrected chi connectivity index (χ2v) is 6.04. The van der Waals surface area contributed by atoms with Crippen molar-refractivity contribution < 1.29 is 9.47 Å². The Bertz CT molecular complexity index is 501. The molecule has 1 aliphatic carbocycles. The molecule has 0 aromatic heterocycles. The number of hydrogen-bond donors (Lipinski definition) is 2. The molecule has 0 aliphatic heterocycles. The Hall–Kier alpha value is -1.75. The van der Waals surface area contributed by atoms with Gasteiger partial charge in [0.05, 0.1) is 6.10 Å². The molecule has 0 atom stereocenters. The lowest BCUT2D eigenvalue weighted by molar-refractivity contribution is 0.119. The summed E-state index contributed by atoms with van der Waals surface area (Å²) in [7, 11) is 1.80. The van der Waals surface area contributed by atoms with Crippen LogP contribution >= 0.6 is 0 Å². The van der Waals surface area contributed by atoms with Crippen molar-refractivity contribution >= 4 is 5.96 Å². The molecule has 1 aromatic rings. The molecule has 134 valence electrons. The monoisotopic (exact) mass is 333 g/mol. The van der Waals surface area contributed by atoms with Crippen LogP contribution in [0.15, 0.2) is 29.3 Å². The molecule has 0 saturated heterocycles. The molecule has 2 N–H and O–H groups in total. The van der Waals surface area contributed by atoms with Crippen LogP contribution in [0.25, 0.3) is 0 Å². The van der Waals surface area contributed by atoms with Gasteiger partial charge in [-0.25, -0.2) is 0 Å². The quantitative estimate of drug-likeness (QED) is 0.392. The Morgan fingerprint density at radius 1 is 1.21 bits per heavy atom. The molecule has 2 rings (SSSR count). The van der Waals surface area contributed by atoms with Crippen molar-refractivity contribution in [1.29, 1.82) is 0 Å². The van der Waals surface area contributed by atoms with Crippen molar-refractivity contribution in [3.05, 3.63) is 29.8 Å².